The van der Waals surface area contributed by atoms with E-state index in [1.54, 1.807) is 6.92 Å². The maximum atomic E-state index is 11.0. The highest BCUT2D eigenvalue weighted by molar-refractivity contribution is 9.10. The SMILES string of the molecule is CCC(CC)N(CCO)c1cc(C)c([N+](=O)[O-])cc1Br. The largest absolute Gasteiger partial charge is 0.395 e. The number of hydrogen-bond acceptors (Lipinski definition) is 4. The number of aliphatic hydroxyl groups excluding tert-OH is 1. The maximum Gasteiger partial charge on any atom is 0.273 e. The van der Waals surface area contributed by atoms with Gasteiger partial charge in [-0.1, -0.05) is 13.8 Å². The molecule has 0 aromatic heterocycles. The summed E-state index contributed by atoms with van der Waals surface area (Å²) >= 11 is 3.42. The summed E-state index contributed by atoms with van der Waals surface area (Å²) in [6.45, 7) is 6.51. The van der Waals surface area contributed by atoms with Crippen LogP contribution in [0.15, 0.2) is 16.6 Å². The van der Waals surface area contributed by atoms with E-state index in [9.17, 15) is 15.2 Å². The zero-order valence-corrected chi connectivity index (χ0v) is 13.7. The fourth-order valence-electron chi connectivity index (χ4n) is 2.41. The molecular formula is C14H21BrN2O3. The average Bonchev–Trinajstić information content (AvgIpc) is 2.41. The van der Waals surface area contributed by atoms with E-state index < -0.39 is 0 Å². The summed E-state index contributed by atoms with van der Waals surface area (Å²) in [6, 6.07) is 3.66. The highest BCUT2D eigenvalue weighted by Crippen LogP contribution is 2.34. The number of nitro groups is 1. The Morgan fingerprint density at radius 3 is 2.45 bits per heavy atom. The second kappa shape index (κ2) is 7.59. The van der Waals surface area contributed by atoms with E-state index in [0.29, 0.717) is 22.6 Å². The van der Waals surface area contributed by atoms with Gasteiger partial charge in [0.15, 0.2) is 0 Å². The van der Waals surface area contributed by atoms with E-state index in [1.165, 1.54) is 6.07 Å². The second-order valence-corrected chi connectivity index (χ2v) is 5.59. The van der Waals surface area contributed by atoms with Gasteiger partial charge in [-0.2, -0.15) is 0 Å². The molecule has 1 rings (SSSR count). The summed E-state index contributed by atoms with van der Waals surface area (Å²) < 4.78 is 0.690. The van der Waals surface area contributed by atoms with E-state index in [1.807, 2.05) is 6.07 Å². The van der Waals surface area contributed by atoms with Gasteiger partial charge in [0.25, 0.3) is 5.69 Å². The molecule has 0 aliphatic carbocycles. The van der Waals surface area contributed by atoms with Crippen molar-refractivity contribution in [3.63, 3.8) is 0 Å². The second-order valence-electron chi connectivity index (χ2n) is 4.73. The van der Waals surface area contributed by atoms with Gasteiger partial charge < -0.3 is 10.0 Å². The lowest BCUT2D eigenvalue weighted by molar-refractivity contribution is -0.385. The molecule has 6 heteroatoms. The van der Waals surface area contributed by atoms with Crippen molar-refractivity contribution in [2.24, 2.45) is 0 Å². The highest BCUT2D eigenvalue weighted by Gasteiger charge is 2.21. The zero-order valence-electron chi connectivity index (χ0n) is 12.1. The minimum atomic E-state index is -0.378. The van der Waals surface area contributed by atoms with Crippen molar-refractivity contribution in [1.82, 2.24) is 0 Å². The number of anilines is 1. The zero-order chi connectivity index (χ0) is 15.3. The lowest BCUT2D eigenvalue weighted by Crippen LogP contribution is -2.37. The number of halogens is 1. The monoisotopic (exact) mass is 344 g/mol. The first-order chi connectivity index (χ1) is 9.46. The molecule has 0 amide bonds. The third-order valence-corrected chi connectivity index (χ3v) is 4.13. The van der Waals surface area contributed by atoms with Crippen molar-refractivity contribution in [2.75, 3.05) is 18.1 Å². The summed E-state index contributed by atoms with van der Waals surface area (Å²) in [4.78, 5) is 12.7. The molecule has 0 unspecified atom stereocenters. The molecule has 1 N–H and O–H groups in total. The number of rotatable bonds is 7. The Kier molecular flexibility index (Phi) is 6.42. The van der Waals surface area contributed by atoms with E-state index in [4.69, 9.17) is 0 Å². The smallest absolute Gasteiger partial charge is 0.273 e. The number of nitrogens with zero attached hydrogens (tertiary/aromatic N) is 2. The van der Waals surface area contributed by atoms with Gasteiger partial charge in [-0.15, -0.1) is 0 Å². The molecule has 0 bridgehead atoms. The lowest BCUT2D eigenvalue weighted by atomic mass is 10.1. The van der Waals surface area contributed by atoms with Crippen LogP contribution >= 0.6 is 15.9 Å². The average molecular weight is 345 g/mol. The van der Waals surface area contributed by atoms with Gasteiger partial charge in [-0.05, 0) is 41.8 Å². The minimum absolute atomic E-state index is 0.0545. The Morgan fingerprint density at radius 1 is 1.40 bits per heavy atom. The number of aliphatic hydroxyl groups is 1. The fourth-order valence-corrected chi connectivity index (χ4v) is 2.97. The first kappa shape index (κ1) is 16.9. The van der Waals surface area contributed by atoms with Gasteiger partial charge in [0, 0.05) is 28.7 Å². The number of nitro benzene ring substituents is 1. The molecule has 0 heterocycles. The van der Waals surface area contributed by atoms with Crippen molar-refractivity contribution < 1.29 is 10.0 Å². The molecule has 20 heavy (non-hydrogen) atoms. The van der Waals surface area contributed by atoms with Crippen molar-refractivity contribution in [3.8, 4) is 0 Å². The van der Waals surface area contributed by atoms with Crippen LogP contribution < -0.4 is 4.90 Å². The molecule has 5 nitrogen and oxygen atoms in total. The van der Waals surface area contributed by atoms with E-state index in [-0.39, 0.29) is 17.2 Å². The van der Waals surface area contributed by atoms with Gasteiger partial charge >= 0.3 is 0 Å². The van der Waals surface area contributed by atoms with E-state index >= 15 is 0 Å². The van der Waals surface area contributed by atoms with Crippen molar-refractivity contribution in [2.45, 2.75) is 39.7 Å². The van der Waals surface area contributed by atoms with E-state index in [0.717, 1.165) is 18.5 Å². The van der Waals surface area contributed by atoms with Gasteiger partial charge in [-0.3, -0.25) is 10.1 Å². The van der Waals surface area contributed by atoms with Crippen LogP contribution in [0.25, 0.3) is 0 Å². The van der Waals surface area contributed by atoms with Gasteiger partial charge in [-0.25, -0.2) is 0 Å². The lowest BCUT2D eigenvalue weighted by Gasteiger charge is -2.33. The summed E-state index contributed by atoms with van der Waals surface area (Å²) in [5.41, 5.74) is 1.63. The van der Waals surface area contributed by atoms with E-state index in [2.05, 4.69) is 34.7 Å². The topological polar surface area (TPSA) is 66.6 Å². The van der Waals surface area contributed by atoms with Gasteiger partial charge in [0.05, 0.1) is 17.2 Å². The Labute approximate surface area is 127 Å². The number of aryl methyl sites for hydroxylation is 1. The Balaban J connectivity index is 3.27. The minimum Gasteiger partial charge on any atom is -0.395 e. The Bertz CT molecular complexity index is 476. The Hall–Kier alpha value is -1.14. The molecule has 0 spiro atoms. The van der Waals surface area contributed by atoms with Crippen LogP contribution in [0.2, 0.25) is 0 Å². The van der Waals surface area contributed by atoms with Crippen molar-refractivity contribution in [1.29, 1.82) is 0 Å². The molecule has 0 aliphatic heterocycles. The Morgan fingerprint density at radius 2 is 2.00 bits per heavy atom. The van der Waals surface area contributed by atoms with Crippen molar-refractivity contribution >= 4 is 27.3 Å². The molecule has 1 aromatic rings. The number of hydrogen-bond donors (Lipinski definition) is 1. The molecule has 0 aliphatic rings. The van der Waals surface area contributed by atoms with Gasteiger partial charge in [0.2, 0.25) is 0 Å². The predicted molar refractivity (Wildman–Crippen MR) is 84.3 cm³/mol. The van der Waals surface area contributed by atoms with Crippen LogP contribution in [0.1, 0.15) is 32.3 Å². The molecule has 0 saturated carbocycles. The first-order valence-corrected chi connectivity index (χ1v) is 7.57. The summed E-state index contributed by atoms with van der Waals surface area (Å²) in [5, 5.41) is 20.2. The van der Waals surface area contributed by atoms with Gasteiger partial charge in [0.1, 0.15) is 0 Å². The summed E-state index contributed by atoms with van der Waals surface area (Å²) in [6.07, 6.45) is 1.91. The molecule has 1 aromatic carbocycles. The van der Waals surface area contributed by atoms with Crippen LogP contribution in [0.3, 0.4) is 0 Å². The summed E-state index contributed by atoms with van der Waals surface area (Å²) in [5.74, 6) is 0. The third-order valence-electron chi connectivity index (χ3n) is 3.50. The standard InChI is InChI=1S/C14H21BrN2O3/c1-4-11(5-2)16(6-7-18)14-8-10(3)13(17(19)20)9-12(14)15/h8-9,11,18H,4-7H2,1-3H3. The molecule has 0 fully saturated rings. The third kappa shape index (κ3) is 3.70. The maximum absolute atomic E-state index is 11.0. The summed E-state index contributed by atoms with van der Waals surface area (Å²) in [7, 11) is 0. The molecule has 0 radical (unpaired) electrons. The van der Waals surface area contributed by atoms with Crippen LogP contribution in [0.4, 0.5) is 11.4 Å². The quantitative estimate of drug-likeness (QED) is 0.605. The number of benzene rings is 1. The fraction of sp³-hybridized carbons (Fsp3) is 0.571. The van der Waals surface area contributed by atoms with Crippen molar-refractivity contribution in [3.05, 3.63) is 32.3 Å². The predicted octanol–water partition coefficient (Wildman–Crippen LogP) is 3.65. The molecule has 0 atom stereocenters. The highest BCUT2D eigenvalue weighted by atomic mass is 79.9. The van der Waals surface area contributed by atoms with Crippen LogP contribution in [0, 0.1) is 17.0 Å². The van der Waals surface area contributed by atoms with Crippen LogP contribution in [-0.4, -0.2) is 29.2 Å². The van der Waals surface area contributed by atoms with Crippen LogP contribution in [0.5, 0.6) is 0 Å². The molecule has 0 saturated heterocycles. The molecule has 112 valence electrons. The first-order valence-electron chi connectivity index (χ1n) is 6.78. The normalized spacial score (nSPS) is 10.9. The van der Waals surface area contributed by atoms with Crippen LogP contribution in [-0.2, 0) is 0 Å². The molecular weight excluding hydrogens is 324 g/mol.